The van der Waals surface area contributed by atoms with Gasteiger partial charge in [-0.15, -0.1) is 0 Å². The Morgan fingerprint density at radius 2 is 0.736 bits per heavy atom. The van der Waals surface area contributed by atoms with Crippen molar-refractivity contribution < 1.29 is 9.85 Å². The monoisotopic (exact) mass is 696 g/mol. The molecule has 6 aromatic rings. The SMILES string of the molecule is CN(C)c1ccc(/C=C/c2ccc3c(c2)C2(c4cc(/C=C/c5ccc(N(C)C)cc5)ccc4-c4ccc([N+](=O)[O-])cc42)c2cc([N+](=O)[O-])ccc2-3)cc1. The minimum atomic E-state index is -1.04. The summed E-state index contributed by atoms with van der Waals surface area (Å²) in [5, 5.41) is 24.5. The highest BCUT2D eigenvalue weighted by Gasteiger charge is 2.53. The smallest absolute Gasteiger partial charge is 0.269 e. The van der Waals surface area contributed by atoms with Gasteiger partial charge in [-0.2, -0.15) is 0 Å². The third kappa shape index (κ3) is 5.56. The van der Waals surface area contributed by atoms with Crippen molar-refractivity contribution >= 4 is 47.1 Å². The quantitative estimate of drug-likeness (QED) is 0.0892. The number of rotatable bonds is 8. The highest BCUT2D eigenvalue weighted by atomic mass is 16.6. The molecule has 0 saturated carbocycles. The summed E-state index contributed by atoms with van der Waals surface area (Å²) in [5.41, 5.74) is 12.0. The molecule has 2 aliphatic rings. The van der Waals surface area contributed by atoms with Crippen LogP contribution in [0.15, 0.2) is 121 Å². The highest BCUT2D eigenvalue weighted by molar-refractivity contribution is 5.97. The Hall–Kier alpha value is -6.80. The van der Waals surface area contributed by atoms with E-state index in [0.29, 0.717) is 0 Å². The van der Waals surface area contributed by atoms with Gasteiger partial charge in [0.1, 0.15) is 0 Å². The second-order valence-corrected chi connectivity index (χ2v) is 14.0. The summed E-state index contributed by atoms with van der Waals surface area (Å²) < 4.78 is 0. The molecular weight excluding hydrogens is 661 g/mol. The van der Waals surface area contributed by atoms with Crippen molar-refractivity contribution in [3.8, 4) is 22.3 Å². The van der Waals surface area contributed by atoms with E-state index in [9.17, 15) is 20.2 Å². The van der Waals surface area contributed by atoms with Gasteiger partial charge in [0.05, 0.1) is 15.3 Å². The lowest BCUT2D eigenvalue weighted by Gasteiger charge is -2.30. The molecule has 8 heteroatoms. The molecule has 0 fully saturated rings. The van der Waals surface area contributed by atoms with Gasteiger partial charge >= 0.3 is 0 Å². The van der Waals surface area contributed by atoms with Crippen molar-refractivity contribution in [3.05, 3.63) is 186 Å². The van der Waals surface area contributed by atoms with Crippen molar-refractivity contribution in [2.45, 2.75) is 5.41 Å². The van der Waals surface area contributed by atoms with Crippen molar-refractivity contribution in [3.63, 3.8) is 0 Å². The highest BCUT2D eigenvalue weighted by Crippen LogP contribution is 2.64. The summed E-state index contributed by atoms with van der Waals surface area (Å²) >= 11 is 0. The Bertz CT molecular complexity index is 2340. The first-order valence-corrected chi connectivity index (χ1v) is 17.3. The Morgan fingerprint density at radius 1 is 0.434 bits per heavy atom. The van der Waals surface area contributed by atoms with Gasteiger partial charge in [-0.25, -0.2) is 0 Å². The molecule has 2 aliphatic carbocycles. The molecule has 1 spiro atoms. The standard InChI is InChI=1S/C45H36N4O4/c1-46(2)33-15-9-29(10-16-33)5-7-31-13-21-37-39-23-19-35(48(50)51)27-43(39)45(41(37)25-31)42-26-32(8-6-30-11-17-34(18-12-30)47(3)4)14-22-38(42)40-24-20-36(49(52)53)28-44(40)45/h5-28H,1-4H3/b7-5+,8-6+. The average molecular weight is 697 g/mol. The molecule has 0 amide bonds. The van der Waals surface area contributed by atoms with E-state index in [4.69, 9.17) is 0 Å². The summed E-state index contributed by atoms with van der Waals surface area (Å²) in [4.78, 5) is 27.9. The maximum Gasteiger partial charge on any atom is 0.269 e. The minimum Gasteiger partial charge on any atom is -0.378 e. The van der Waals surface area contributed by atoms with Crippen LogP contribution in [0.2, 0.25) is 0 Å². The number of fused-ring (bicyclic) bond motifs is 10. The maximum atomic E-state index is 12.3. The summed E-state index contributed by atoms with van der Waals surface area (Å²) in [6, 6.07) is 39.1. The Morgan fingerprint density at radius 3 is 1.08 bits per heavy atom. The van der Waals surface area contributed by atoms with E-state index < -0.39 is 5.41 Å². The summed E-state index contributed by atoms with van der Waals surface area (Å²) in [6.45, 7) is 0. The van der Waals surface area contributed by atoms with Gasteiger partial charge in [0, 0.05) is 63.8 Å². The number of hydrogen-bond acceptors (Lipinski definition) is 6. The fourth-order valence-electron chi connectivity index (χ4n) is 7.83. The molecule has 8 rings (SSSR count). The van der Waals surface area contributed by atoms with E-state index in [2.05, 4.69) is 119 Å². The number of benzene rings is 6. The number of non-ortho nitro benzene ring substituents is 2. The van der Waals surface area contributed by atoms with E-state index in [1.54, 1.807) is 12.1 Å². The molecule has 6 aromatic carbocycles. The lowest BCUT2D eigenvalue weighted by atomic mass is 9.70. The predicted molar refractivity (Wildman–Crippen MR) is 215 cm³/mol. The molecule has 260 valence electrons. The summed E-state index contributed by atoms with van der Waals surface area (Å²) in [7, 11) is 8.04. The number of nitro benzene ring substituents is 2. The van der Waals surface area contributed by atoms with Gasteiger partial charge in [-0.1, -0.05) is 72.8 Å². The van der Waals surface area contributed by atoms with E-state index in [1.807, 2.05) is 40.3 Å². The van der Waals surface area contributed by atoms with Gasteiger partial charge in [0.15, 0.2) is 0 Å². The first kappa shape index (κ1) is 33.3. The molecule has 0 aromatic heterocycles. The third-order valence-electron chi connectivity index (χ3n) is 10.5. The molecule has 0 saturated heterocycles. The second-order valence-electron chi connectivity index (χ2n) is 14.0. The molecule has 0 atom stereocenters. The predicted octanol–water partition coefficient (Wildman–Crippen LogP) is 10.3. The van der Waals surface area contributed by atoms with Gasteiger partial charge in [-0.05, 0) is 115 Å². The molecule has 0 bridgehead atoms. The average Bonchev–Trinajstić information content (AvgIpc) is 3.62. The van der Waals surface area contributed by atoms with Crippen LogP contribution in [0.1, 0.15) is 44.5 Å². The fraction of sp³-hybridized carbons (Fsp3) is 0.111. The number of hydrogen-bond donors (Lipinski definition) is 0. The lowest BCUT2D eigenvalue weighted by Crippen LogP contribution is -2.26. The van der Waals surface area contributed by atoms with Crippen LogP contribution in [-0.4, -0.2) is 38.0 Å². The van der Waals surface area contributed by atoms with E-state index >= 15 is 0 Å². The molecule has 0 unspecified atom stereocenters. The molecule has 8 nitrogen and oxygen atoms in total. The molecule has 0 aliphatic heterocycles. The van der Waals surface area contributed by atoms with Crippen LogP contribution in [0.5, 0.6) is 0 Å². The van der Waals surface area contributed by atoms with E-state index in [1.165, 1.54) is 12.1 Å². The topological polar surface area (TPSA) is 92.8 Å². The first-order valence-electron chi connectivity index (χ1n) is 17.3. The zero-order valence-electron chi connectivity index (χ0n) is 29.8. The third-order valence-corrected chi connectivity index (χ3v) is 10.5. The molecule has 0 radical (unpaired) electrons. The van der Waals surface area contributed by atoms with Crippen LogP contribution < -0.4 is 9.80 Å². The van der Waals surface area contributed by atoms with E-state index in [0.717, 1.165) is 78.1 Å². The van der Waals surface area contributed by atoms with Gasteiger partial charge in [-0.3, -0.25) is 20.2 Å². The largest absolute Gasteiger partial charge is 0.378 e. The van der Waals surface area contributed by atoms with Gasteiger partial charge in [0.25, 0.3) is 11.4 Å². The fourth-order valence-corrected chi connectivity index (χ4v) is 7.83. The zero-order chi connectivity index (χ0) is 37.0. The van der Waals surface area contributed by atoms with Gasteiger partial charge in [0.2, 0.25) is 0 Å². The first-order chi connectivity index (χ1) is 25.5. The minimum absolute atomic E-state index is 0.0325. The Balaban J connectivity index is 1.34. The maximum absolute atomic E-state index is 12.3. The molecule has 0 heterocycles. The van der Waals surface area contributed by atoms with E-state index in [-0.39, 0.29) is 21.2 Å². The van der Waals surface area contributed by atoms with Crippen LogP contribution >= 0.6 is 0 Å². The Labute approximate surface area is 307 Å². The van der Waals surface area contributed by atoms with Gasteiger partial charge < -0.3 is 9.80 Å². The number of nitro groups is 2. The Kier molecular flexibility index (Phi) is 8.03. The normalized spacial score (nSPS) is 13.2. The van der Waals surface area contributed by atoms with Crippen molar-refractivity contribution in [1.82, 2.24) is 0 Å². The second kappa shape index (κ2) is 12.8. The van der Waals surface area contributed by atoms with Crippen LogP contribution in [0, 0.1) is 20.2 Å². The van der Waals surface area contributed by atoms with Crippen LogP contribution in [0.3, 0.4) is 0 Å². The van der Waals surface area contributed by atoms with Crippen LogP contribution in [0.25, 0.3) is 46.6 Å². The van der Waals surface area contributed by atoms with Crippen LogP contribution in [-0.2, 0) is 5.41 Å². The molecule has 0 N–H and O–H groups in total. The number of nitrogens with zero attached hydrogens (tertiary/aromatic N) is 4. The molecule has 53 heavy (non-hydrogen) atoms. The van der Waals surface area contributed by atoms with Crippen molar-refractivity contribution in [2.24, 2.45) is 0 Å². The van der Waals surface area contributed by atoms with Crippen molar-refractivity contribution in [1.29, 1.82) is 0 Å². The molecular formula is C45H36N4O4. The van der Waals surface area contributed by atoms with Crippen molar-refractivity contribution in [2.75, 3.05) is 38.0 Å². The van der Waals surface area contributed by atoms with Crippen LogP contribution in [0.4, 0.5) is 22.7 Å². The number of anilines is 2. The summed E-state index contributed by atoms with van der Waals surface area (Å²) in [5.74, 6) is 0. The zero-order valence-corrected chi connectivity index (χ0v) is 29.8. The lowest BCUT2D eigenvalue weighted by molar-refractivity contribution is -0.385. The summed E-state index contributed by atoms with van der Waals surface area (Å²) in [6.07, 6.45) is 8.26.